The smallest absolute Gasteiger partial charge is 0.335 e. The highest BCUT2D eigenvalue weighted by Crippen LogP contribution is 2.25. The third-order valence-electron chi connectivity index (χ3n) is 1.98. The van der Waals surface area contributed by atoms with Crippen LogP contribution in [0.3, 0.4) is 0 Å². The largest absolute Gasteiger partial charge is 0.478 e. The zero-order valence-corrected chi connectivity index (χ0v) is 7.20. The second-order valence-electron chi connectivity index (χ2n) is 2.97. The lowest BCUT2D eigenvalue weighted by molar-refractivity contribution is -0.114. The summed E-state index contributed by atoms with van der Waals surface area (Å²) in [5.41, 5.74) is 1.46. The molecule has 1 amide bonds. The van der Waals surface area contributed by atoms with Gasteiger partial charge in [-0.15, -0.1) is 0 Å². The first kappa shape index (κ1) is 8.55. The third-order valence-corrected chi connectivity index (χ3v) is 1.98. The number of hydrogen-bond acceptors (Lipinski definition) is 3. The van der Waals surface area contributed by atoms with Gasteiger partial charge in [0.05, 0.1) is 23.5 Å². The topological polar surface area (TPSA) is 78.4 Å². The summed E-state index contributed by atoms with van der Waals surface area (Å²) in [5.74, 6) is -1.10. The molecule has 14 heavy (non-hydrogen) atoms. The fraction of sp³-hybridized carbons (Fsp3) is 0.111. The van der Waals surface area contributed by atoms with Crippen LogP contribution in [0.15, 0.2) is 18.2 Å². The molecule has 5 heteroatoms. The van der Waals surface area contributed by atoms with Gasteiger partial charge < -0.3 is 15.7 Å². The Morgan fingerprint density at radius 2 is 2.14 bits per heavy atom. The number of amides is 1. The SMILES string of the molecule is O=C1CNc2cc(C(=O)O)ccc2N1. The van der Waals surface area contributed by atoms with Gasteiger partial charge in [0.2, 0.25) is 5.91 Å². The molecule has 1 heterocycles. The van der Waals surface area contributed by atoms with Gasteiger partial charge in [-0.1, -0.05) is 0 Å². The molecule has 1 aliphatic heterocycles. The van der Waals surface area contributed by atoms with Gasteiger partial charge in [0.1, 0.15) is 0 Å². The molecule has 0 saturated heterocycles. The molecule has 0 spiro atoms. The number of carboxylic acid groups (broad SMARTS) is 1. The molecule has 0 bridgehead atoms. The van der Waals surface area contributed by atoms with Crippen LogP contribution in [-0.2, 0) is 4.79 Å². The van der Waals surface area contributed by atoms with Crippen molar-refractivity contribution >= 4 is 23.3 Å². The summed E-state index contributed by atoms with van der Waals surface area (Å²) >= 11 is 0. The van der Waals surface area contributed by atoms with E-state index in [1.54, 1.807) is 6.07 Å². The van der Waals surface area contributed by atoms with Gasteiger partial charge in [-0.25, -0.2) is 4.79 Å². The Morgan fingerprint density at radius 1 is 1.36 bits per heavy atom. The molecular formula is C9H8N2O3. The van der Waals surface area contributed by atoms with Crippen LogP contribution in [0.5, 0.6) is 0 Å². The van der Waals surface area contributed by atoms with Crippen LogP contribution >= 0.6 is 0 Å². The van der Waals surface area contributed by atoms with Crippen molar-refractivity contribution in [3.05, 3.63) is 23.8 Å². The summed E-state index contributed by atoms with van der Waals surface area (Å²) in [6.45, 7) is 0.177. The quantitative estimate of drug-likeness (QED) is 0.613. The zero-order valence-electron chi connectivity index (χ0n) is 7.20. The van der Waals surface area contributed by atoms with Crippen molar-refractivity contribution in [3.63, 3.8) is 0 Å². The summed E-state index contributed by atoms with van der Waals surface area (Å²) < 4.78 is 0. The van der Waals surface area contributed by atoms with Crippen LogP contribution in [0.2, 0.25) is 0 Å². The van der Waals surface area contributed by atoms with E-state index in [0.29, 0.717) is 11.4 Å². The number of aromatic carboxylic acids is 1. The number of rotatable bonds is 1. The Hall–Kier alpha value is -2.04. The molecule has 0 radical (unpaired) electrons. The maximum Gasteiger partial charge on any atom is 0.335 e. The molecule has 0 aliphatic carbocycles. The predicted molar refractivity (Wildman–Crippen MR) is 50.5 cm³/mol. The van der Waals surface area contributed by atoms with E-state index in [1.807, 2.05) is 0 Å². The predicted octanol–water partition coefficient (Wildman–Crippen LogP) is 0.749. The average Bonchev–Trinajstić information content (AvgIpc) is 2.16. The lowest BCUT2D eigenvalue weighted by Gasteiger charge is -2.18. The first-order valence-electron chi connectivity index (χ1n) is 4.08. The Kier molecular flexibility index (Phi) is 1.85. The second-order valence-corrected chi connectivity index (χ2v) is 2.97. The van der Waals surface area contributed by atoms with E-state index in [0.717, 1.165) is 0 Å². The van der Waals surface area contributed by atoms with E-state index in [-0.39, 0.29) is 18.0 Å². The normalized spacial score (nSPS) is 13.9. The van der Waals surface area contributed by atoms with Gasteiger partial charge in [-0.3, -0.25) is 4.79 Å². The number of carbonyl (C=O) groups excluding carboxylic acids is 1. The van der Waals surface area contributed by atoms with Crippen molar-refractivity contribution in [1.82, 2.24) is 0 Å². The molecule has 0 fully saturated rings. The lowest BCUT2D eigenvalue weighted by atomic mass is 10.1. The number of benzene rings is 1. The first-order valence-corrected chi connectivity index (χ1v) is 4.08. The summed E-state index contributed by atoms with van der Waals surface area (Å²) in [7, 11) is 0. The summed E-state index contributed by atoms with van der Waals surface area (Å²) in [5, 5.41) is 14.2. The van der Waals surface area contributed by atoms with Gasteiger partial charge in [-0.05, 0) is 18.2 Å². The number of hydrogen-bond donors (Lipinski definition) is 3. The van der Waals surface area contributed by atoms with E-state index in [4.69, 9.17) is 5.11 Å². The van der Waals surface area contributed by atoms with Crippen LogP contribution < -0.4 is 10.6 Å². The summed E-state index contributed by atoms with van der Waals surface area (Å²) in [4.78, 5) is 21.6. The van der Waals surface area contributed by atoms with Gasteiger partial charge in [0.15, 0.2) is 0 Å². The molecule has 1 aliphatic rings. The highest BCUT2D eigenvalue weighted by atomic mass is 16.4. The second kappa shape index (κ2) is 3.02. The van der Waals surface area contributed by atoms with E-state index in [9.17, 15) is 9.59 Å². The molecule has 0 atom stereocenters. The van der Waals surface area contributed by atoms with E-state index in [1.165, 1.54) is 12.1 Å². The molecule has 3 N–H and O–H groups in total. The fourth-order valence-corrected chi connectivity index (χ4v) is 1.30. The van der Waals surface area contributed by atoms with Gasteiger partial charge in [0.25, 0.3) is 0 Å². The summed E-state index contributed by atoms with van der Waals surface area (Å²) in [6, 6.07) is 4.52. The monoisotopic (exact) mass is 192 g/mol. The number of anilines is 2. The van der Waals surface area contributed by atoms with Gasteiger partial charge in [-0.2, -0.15) is 0 Å². The zero-order chi connectivity index (χ0) is 10.1. The highest BCUT2D eigenvalue weighted by Gasteiger charge is 2.15. The number of carbonyl (C=O) groups is 2. The Bertz CT molecular complexity index is 415. The molecule has 0 saturated carbocycles. The van der Waals surface area contributed by atoms with Crippen LogP contribution in [0.25, 0.3) is 0 Å². The minimum atomic E-state index is -0.980. The van der Waals surface area contributed by atoms with E-state index >= 15 is 0 Å². The lowest BCUT2D eigenvalue weighted by Crippen LogP contribution is -2.27. The Balaban J connectivity index is 2.41. The highest BCUT2D eigenvalue weighted by molar-refractivity contribution is 6.02. The molecule has 0 unspecified atom stereocenters. The molecule has 5 nitrogen and oxygen atoms in total. The van der Waals surface area contributed by atoms with Gasteiger partial charge >= 0.3 is 5.97 Å². The number of nitrogens with one attached hydrogen (secondary N) is 2. The van der Waals surface area contributed by atoms with Crippen LogP contribution in [-0.4, -0.2) is 23.5 Å². The number of fused-ring (bicyclic) bond motifs is 1. The van der Waals surface area contributed by atoms with Crippen LogP contribution in [0.1, 0.15) is 10.4 Å². The molecule has 2 rings (SSSR count). The molecular weight excluding hydrogens is 184 g/mol. The minimum absolute atomic E-state index is 0.124. The molecule has 1 aromatic carbocycles. The van der Waals surface area contributed by atoms with Crippen molar-refractivity contribution in [2.45, 2.75) is 0 Å². The van der Waals surface area contributed by atoms with E-state index < -0.39 is 5.97 Å². The molecule has 1 aromatic rings. The standard InChI is InChI=1S/C9H8N2O3/c12-8-4-10-7-3-5(9(13)14)1-2-6(7)11-8/h1-3,10H,4H2,(H,11,12)(H,13,14). The van der Waals surface area contributed by atoms with Crippen molar-refractivity contribution in [3.8, 4) is 0 Å². The van der Waals surface area contributed by atoms with Crippen molar-refractivity contribution < 1.29 is 14.7 Å². The van der Waals surface area contributed by atoms with E-state index in [2.05, 4.69) is 10.6 Å². The van der Waals surface area contributed by atoms with Crippen LogP contribution in [0, 0.1) is 0 Å². The molecule has 72 valence electrons. The Labute approximate surface area is 79.7 Å². The maximum absolute atomic E-state index is 11.0. The maximum atomic E-state index is 11.0. The van der Waals surface area contributed by atoms with Crippen molar-refractivity contribution in [2.24, 2.45) is 0 Å². The molecule has 0 aromatic heterocycles. The summed E-state index contributed by atoms with van der Waals surface area (Å²) in [6.07, 6.45) is 0. The third kappa shape index (κ3) is 1.39. The fourth-order valence-electron chi connectivity index (χ4n) is 1.30. The minimum Gasteiger partial charge on any atom is -0.478 e. The Morgan fingerprint density at radius 3 is 2.86 bits per heavy atom. The van der Waals surface area contributed by atoms with Gasteiger partial charge in [0, 0.05) is 0 Å². The number of carboxylic acids is 1. The van der Waals surface area contributed by atoms with Crippen molar-refractivity contribution in [2.75, 3.05) is 17.2 Å². The average molecular weight is 192 g/mol. The van der Waals surface area contributed by atoms with Crippen molar-refractivity contribution in [1.29, 1.82) is 0 Å². The van der Waals surface area contributed by atoms with Crippen LogP contribution in [0.4, 0.5) is 11.4 Å². The first-order chi connectivity index (χ1) is 6.66.